The molecule has 1 N–H and O–H groups in total. The highest BCUT2D eigenvalue weighted by Gasteiger charge is 2.13. The Balaban J connectivity index is 0.000000531. The van der Waals surface area contributed by atoms with E-state index < -0.39 is 5.97 Å². The van der Waals surface area contributed by atoms with E-state index in [9.17, 15) is 4.79 Å². The van der Waals surface area contributed by atoms with Crippen LogP contribution in [-0.4, -0.2) is 24.3 Å². The van der Waals surface area contributed by atoms with Crippen molar-refractivity contribution >= 4 is 5.97 Å². The van der Waals surface area contributed by atoms with Crippen LogP contribution in [0.15, 0.2) is 18.2 Å². The van der Waals surface area contributed by atoms with E-state index in [0.717, 1.165) is 0 Å². The van der Waals surface area contributed by atoms with E-state index in [1.54, 1.807) is 6.07 Å². The lowest BCUT2D eigenvalue weighted by Crippen LogP contribution is -2.15. The SMILES string of the molecule is CC.O=C(O)c1ccc2c(c1)OCCO2. The van der Waals surface area contributed by atoms with Crippen LogP contribution in [-0.2, 0) is 0 Å². The number of carbonyl (C=O) groups is 1. The van der Waals surface area contributed by atoms with Crippen molar-refractivity contribution in [2.75, 3.05) is 13.2 Å². The molecule has 15 heavy (non-hydrogen) atoms. The van der Waals surface area contributed by atoms with Crippen LogP contribution in [0.25, 0.3) is 0 Å². The Morgan fingerprint density at radius 3 is 2.40 bits per heavy atom. The summed E-state index contributed by atoms with van der Waals surface area (Å²) in [6.07, 6.45) is 0. The minimum Gasteiger partial charge on any atom is -0.486 e. The molecule has 2 rings (SSSR count). The largest absolute Gasteiger partial charge is 0.486 e. The molecule has 0 aliphatic carbocycles. The lowest BCUT2D eigenvalue weighted by Gasteiger charge is -2.18. The van der Waals surface area contributed by atoms with Gasteiger partial charge in [-0.2, -0.15) is 0 Å². The summed E-state index contributed by atoms with van der Waals surface area (Å²) in [5, 5.41) is 8.69. The summed E-state index contributed by atoms with van der Waals surface area (Å²) in [7, 11) is 0. The highest BCUT2D eigenvalue weighted by Crippen LogP contribution is 2.30. The van der Waals surface area contributed by atoms with Crippen molar-refractivity contribution in [3.05, 3.63) is 23.8 Å². The highest BCUT2D eigenvalue weighted by atomic mass is 16.6. The molecule has 1 aromatic carbocycles. The molecule has 0 saturated carbocycles. The first kappa shape index (κ1) is 11.4. The highest BCUT2D eigenvalue weighted by molar-refractivity contribution is 5.88. The van der Waals surface area contributed by atoms with Crippen molar-refractivity contribution in [3.8, 4) is 11.5 Å². The van der Waals surface area contributed by atoms with Gasteiger partial charge in [-0.25, -0.2) is 4.79 Å². The Hall–Kier alpha value is -1.71. The predicted octanol–water partition coefficient (Wildman–Crippen LogP) is 2.18. The van der Waals surface area contributed by atoms with Gasteiger partial charge in [-0.15, -0.1) is 0 Å². The monoisotopic (exact) mass is 210 g/mol. The maximum atomic E-state index is 10.6. The Bertz CT molecular complexity index is 346. The standard InChI is InChI=1S/C9H8O4.C2H6/c10-9(11)6-1-2-7-8(5-6)13-4-3-12-7;1-2/h1-2,5H,3-4H2,(H,10,11);1-2H3. The van der Waals surface area contributed by atoms with Crippen LogP contribution < -0.4 is 9.47 Å². The van der Waals surface area contributed by atoms with Crippen molar-refractivity contribution in [1.29, 1.82) is 0 Å². The van der Waals surface area contributed by atoms with Crippen LogP contribution in [0, 0.1) is 0 Å². The van der Waals surface area contributed by atoms with Gasteiger partial charge < -0.3 is 14.6 Å². The molecule has 1 aliphatic heterocycles. The first-order valence-corrected chi connectivity index (χ1v) is 4.90. The number of carboxylic acids is 1. The van der Waals surface area contributed by atoms with E-state index in [2.05, 4.69) is 0 Å². The smallest absolute Gasteiger partial charge is 0.335 e. The second-order valence-corrected chi connectivity index (χ2v) is 2.66. The van der Waals surface area contributed by atoms with Gasteiger partial charge in [0.1, 0.15) is 13.2 Å². The number of aromatic carboxylic acids is 1. The normalized spacial score (nSPS) is 12.4. The molecule has 0 saturated heterocycles. The Morgan fingerprint density at radius 2 is 1.80 bits per heavy atom. The van der Waals surface area contributed by atoms with Crippen LogP contribution in [0.5, 0.6) is 11.5 Å². The Morgan fingerprint density at radius 1 is 1.20 bits per heavy atom. The molecular formula is C11H14O4. The van der Waals surface area contributed by atoms with E-state index in [-0.39, 0.29) is 5.56 Å². The van der Waals surface area contributed by atoms with E-state index in [4.69, 9.17) is 14.6 Å². The maximum absolute atomic E-state index is 10.6. The molecule has 0 atom stereocenters. The molecule has 0 fully saturated rings. The second kappa shape index (κ2) is 5.24. The van der Waals surface area contributed by atoms with Crippen molar-refractivity contribution in [2.45, 2.75) is 13.8 Å². The van der Waals surface area contributed by atoms with E-state index in [1.807, 2.05) is 13.8 Å². The van der Waals surface area contributed by atoms with Gasteiger partial charge in [0, 0.05) is 0 Å². The lowest BCUT2D eigenvalue weighted by molar-refractivity contribution is 0.0695. The fourth-order valence-electron chi connectivity index (χ4n) is 1.18. The minimum atomic E-state index is -0.961. The lowest BCUT2D eigenvalue weighted by atomic mass is 10.2. The topological polar surface area (TPSA) is 55.8 Å². The zero-order valence-corrected chi connectivity index (χ0v) is 8.82. The molecule has 82 valence electrons. The van der Waals surface area contributed by atoms with Gasteiger partial charge in [0.05, 0.1) is 5.56 Å². The average molecular weight is 210 g/mol. The van der Waals surface area contributed by atoms with Gasteiger partial charge >= 0.3 is 5.97 Å². The molecule has 1 heterocycles. The van der Waals surface area contributed by atoms with Gasteiger partial charge in [-0.1, -0.05) is 13.8 Å². The molecule has 0 bridgehead atoms. The van der Waals surface area contributed by atoms with Gasteiger partial charge in [0.25, 0.3) is 0 Å². The van der Waals surface area contributed by atoms with Crippen molar-refractivity contribution in [3.63, 3.8) is 0 Å². The number of rotatable bonds is 1. The summed E-state index contributed by atoms with van der Waals surface area (Å²) in [4.78, 5) is 10.6. The van der Waals surface area contributed by atoms with E-state index in [1.165, 1.54) is 12.1 Å². The number of fused-ring (bicyclic) bond motifs is 1. The molecule has 0 amide bonds. The molecular weight excluding hydrogens is 196 g/mol. The van der Waals surface area contributed by atoms with Crippen LogP contribution in [0.4, 0.5) is 0 Å². The molecule has 1 aromatic rings. The fraction of sp³-hybridized carbons (Fsp3) is 0.364. The Labute approximate surface area is 88.4 Å². The summed E-state index contributed by atoms with van der Waals surface area (Å²) in [6, 6.07) is 4.57. The number of ether oxygens (including phenoxy) is 2. The van der Waals surface area contributed by atoms with Gasteiger partial charge in [0.2, 0.25) is 0 Å². The van der Waals surface area contributed by atoms with Crippen LogP contribution in [0.1, 0.15) is 24.2 Å². The fourth-order valence-corrected chi connectivity index (χ4v) is 1.18. The third-order valence-electron chi connectivity index (χ3n) is 1.79. The van der Waals surface area contributed by atoms with Gasteiger partial charge in [0.15, 0.2) is 11.5 Å². The third-order valence-corrected chi connectivity index (χ3v) is 1.79. The van der Waals surface area contributed by atoms with Crippen molar-refractivity contribution in [2.24, 2.45) is 0 Å². The van der Waals surface area contributed by atoms with Gasteiger partial charge in [-0.3, -0.25) is 0 Å². The van der Waals surface area contributed by atoms with Crippen molar-refractivity contribution in [1.82, 2.24) is 0 Å². The summed E-state index contributed by atoms with van der Waals surface area (Å²) in [5.74, 6) is 0.152. The number of hydrogen-bond donors (Lipinski definition) is 1. The maximum Gasteiger partial charge on any atom is 0.335 e. The second-order valence-electron chi connectivity index (χ2n) is 2.66. The zero-order chi connectivity index (χ0) is 11.3. The summed E-state index contributed by atoms with van der Waals surface area (Å²) >= 11 is 0. The first-order chi connectivity index (χ1) is 7.27. The van der Waals surface area contributed by atoms with Gasteiger partial charge in [-0.05, 0) is 18.2 Å². The molecule has 1 aliphatic rings. The quantitative estimate of drug-likeness (QED) is 0.771. The minimum absolute atomic E-state index is 0.212. The third kappa shape index (κ3) is 2.62. The molecule has 0 spiro atoms. The summed E-state index contributed by atoms with van der Waals surface area (Å²) < 4.78 is 10.5. The molecule has 4 heteroatoms. The molecule has 0 aromatic heterocycles. The molecule has 4 nitrogen and oxygen atoms in total. The molecule has 0 radical (unpaired) electrons. The van der Waals surface area contributed by atoms with Crippen LogP contribution in [0.2, 0.25) is 0 Å². The Kier molecular flexibility index (Phi) is 3.97. The van der Waals surface area contributed by atoms with E-state index in [0.29, 0.717) is 24.7 Å². The number of hydrogen-bond acceptors (Lipinski definition) is 3. The zero-order valence-electron chi connectivity index (χ0n) is 8.82. The predicted molar refractivity (Wildman–Crippen MR) is 55.7 cm³/mol. The number of carboxylic acid groups (broad SMARTS) is 1. The number of benzene rings is 1. The van der Waals surface area contributed by atoms with E-state index >= 15 is 0 Å². The summed E-state index contributed by atoms with van der Waals surface area (Å²) in [6.45, 7) is 4.98. The van der Waals surface area contributed by atoms with Crippen molar-refractivity contribution < 1.29 is 19.4 Å². The van der Waals surface area contributed by atoms with Crippen LogP contribution >= 0.6 is 0 Å². The summed E-state index contributed by atoms with van der Waals surface area (Å²) in [5.41, 5.74) is 0.212. The average Bonchev–Trinajstić information content (AvgIpc) is 2.31. The molecule has 0 unspecified atom stereocenters. The van der Waals surface area contributed by atoms with Crippen LogP contribution in [0.3, 0.4) is 0 Å². The first-order valence-electron chi connectivity index (χ1n) is 4.90.